The number of nitrogens with zero attached hydrogens (tertiary/aromatic N) is 3. The van der Waals surface area contributed by atoms with Crippen LogP contribution in [0.2, 0.25) is 10.0 Å². The molecule has 0 saturated carbocycles. The maximum Gasteiger partial charge on any atom is 0.271 e. The molecule has 39 heavy (non-hydrogen) atoms. The molecular weight excluding hydrogens is 557 g/mol. The van der Waals surface area contributed by atoms with E-state index in [2.05, 4.69) is 0 Å². The molecule has 0 unspecified atom stereocenters. The highest BCUT2D eigenvalue weighted by Gasteiger charge is 2.35. The summed E-state index contributed by atoms with van der Waals surface area (Å²) < 4.78 is 6.02. The Balaban J connectivity index is 1.49. The molecule has 1 aliphatic heterocycles. The third kappa shape index (κ3) is 6.15. The number of anilines is 1. The standard InChI is InChI=1S/C29H19Cl2N3O4S/c30-21-15-20(27(25(31)17-21)38-18-19-11-13-24(14-12-19)34(36)37)16-26-28(35)33(23-9-5-2-6-10-23)29(39-26)32-22-7-3-1-4-8-22/h1-17H,18H2/b26-16+,32-29?. The Morgan fingerprint density at radius 1 is 0.949 bits per heavy atom. The molecule has 0 radical (unpaired) electrons. The lowest BCUT2D eigenvalue weighted by Gasteiger charge is -2.15. The van der Waals surface area contributed by atoms with Crippen LogP contribution in [-0.2, 0) is 11.4 Å². The number of nitro benzene ring substituents is 1. The highest BCUT2D eigenvalue weighted by molar-refractivity contribution is 8.19. The van der Waals surface area contributed by atoms with Gasteiger partial charge in [0, 0.05) is 22.7 Å². The lowest BCUT2D eigenvalue weighted by atomic mass is 10.1. The second-order valence-electron chi connectivity index (χ2n) is 8.33. The molecule has 4 aromatic rings. The molecule has 0 atom stereocenters. The van der Waals surface area contributed by atoms with Crippen LogP contribution in [0.3, 0.4) is 0 Å². The third-order valence-corrected chi connectivity index (χ3v) is 7.12. The quantitative estimate of drug-likeness (QED) is 0.126. The molecule has 0 spiro atoms. The first-order chi connectivity index (χ1) is 18.9. The molecule has 1 aliphatic rings. The van der Waals surface area contributed by atoms with Gasteiger partial charge in [0.2, 0.25) is 0 Å². The van der Waals surface area contributed by atoms with Crippen molar-refractivity contribution in [3.63, 3.8) is 0 Å². The Bertz CT molecular complexity index is 1590. The predicted octanol–water partition coefficient (Wildman–Crippen LogP) is 8.29. The van der Waals surface area contributed by atoms with Gasteiger partial charge < -0.3 is 4.74 Å². The number of non-ortho nitro benzene ring substituents is 1. The Kier molecular flexibility index (Phi) is 7.97. The smallest absolute Gasteiger partial charge is 0.271 e. The monoisotopic (exact) mass is 575 g/mol. The Morgan fingerprint density at radius 2 is 1.62 bits per heavy atom. The van der Waals surface area contributed by atoms with Crippen molar-refractivity contribution in [2.45, 2.75) is 6.61 Å². The lowest BCUT2D eigenvalue weighted by Crippen LogP contribution is -2.28. The van der Waals surface area contributed by atoms with Crippen LogP contribution in [0.4, 0.5) is 17.1 Å². The number of aliphatic imine (C=N–C) groups is 1. The van der Waals surface area contributed by atoms with Crippen LogP contribution in [0.25, 0.3) is 6.08 Å². The number of amides is 1. The molecule has 0 N–H and O–H groups in total. The summed E-state index contributed by atoms with van der Waals surface area (Å²) in [6, 6.07) is 27.9. The molecule has 1 saturated heterocycles. The number of hydrogen-bond acceptors (Lipinski definition) is 6. The first-order valence-corrected chi connectivity index (χ1v) is 13.2. The Morgan fingerprint density at radius 3 is 2.28 bits per heavy atom. The van der Waals surface area contributed by atoms with Crippen LogP contribution in [0.15, 0.2) is 107 Å². The summed E-state index contributed by atoms with van der Waals surface area (Å²) in [6.45, 7) is 0.105. The fourth-order valence-electron chi connectivity index (χ4n) is 3.82. The maximum absolute atomic E-state index is 13.7. The summed E-state index contributed by atoms with van der Waals surface area (Å²) in [7, 11) is 0. The van der Waals surface area contributed by atoms with E-state index < -0.39 is 4.92 Å². The van der Waals surface area contributed by atoms with E-state index in [1.807, 2.05) is 60.7 Å². The molecule has 0 bridgehead atoms. The number of benzene rings is 4. The van der Waals surface area contributed by atoms with Crippen LogP contribution in [0, 0.1) is 10.1 Å². The van der Waals surface area contributed by atoms with Crippen molar-refractivity contribution in [3.05, 3.63) is 133 Å². The van der Waals surface area contributed by atoms with E-state index >= 15 is 0 Å². The summed E-state index contributed by atoms with van der Waals surface area (Å²) in [5.41, 5.74) is 2.62. The van der Waals surface area contributed by atoms with Crippen molar-refractivity contribution in [2.75, 3.05) is 4.90 Å². The van der Waals surface area contributed by atoms with Gasteiger partial charge in [-0.2, -0.15) is 0 Å². The second kappa shape index (κ2) is 11.7. The molecular formula is C29H19Cl2N3O4S. The fourth-order valence-corrected chi connectivity index (χ4v) is 5.37. The second-order valence-corrected chi connectivity index (χ2v) is 10.2. The molecule has 0 aliphatic carbocycles. The number of nitro groups is 1. The van der Waals surface area contributed by atoms with Crippen LogP contribution in [-0.4, -0.2) is 16.0 Å². The number of rotatable bonds is 7. The van der Waals surface area contributed by atoms with E-state index in [-0.39, 0.29) is 23.2 Å². The van der Waals surface area contributed by atoms with Crippen molar-refractivity contribution in [3.8, 4) is 5.75 Å². The zero-order chi connectivity index (χ0) is 27.4. The zero-order valence-corrected chi connectivity index (χ0v) is 22.5. The van der Waals surface area contributed by atoms with Crippen molar-refractivity contribution < 1.29 is 14.5 Å². The van der Waals surface area contributed by atoms with E-state index in [1.165, 1.54) is 23.9 Å². The number of para-hydroxylation sites is 2. The van der Waals surface area contributed by atoms with Crippen LogP contribution < -0.4 is 9.64 Å². The van der Waals surface area contributed by atoms with E-state index in [0.717, 1.165) is 0 Å². The van der Waals surface area contributed by atoms with Crippen molar-refractivity contribution in [1.29, 1.82) is 0 Å². The molecule has 1 heterocycles. The Hall–Kier alpha value is -4.11. The van der Waals surface area contributed by atoms with Crippen molar-refractivity contribution >= 4 is 69.2 Å². The number of amidine groups is 1. The van der Waals surface area contributed by atoms with E-state index in [1.54, 1.807) is 35.2 Å². The van der Waals surface area contributed by atoms with Crippen LogP contribution in [0.1, 0.15) is 11.1 Å². The third-order valence-electron chi connectivity index (χ3n) is 5.66. The van der Waals surface area contributed by atoms with E-state index in [4.69, 9.17) is 32.9 Å². The number of thioether (sulfide) groups is 1. The molecule has 7 nitrogen and oxygen atoms in total. The first kappa shape index (κ1) is 26.5. The van der Waals surface area contributed by atoms with Gasteiger partial charge in [-0.1, -0.05) is 59.6 Å². The molecule has 194 valence electrons. The van der Waals surface area contributed by atoms with Crippen molar-refractivity contribution in [2.24, 2.45) is 4.99 Å². The zero-order valence-electron chi connectivity index (χ0n) is 20.2. The average Bonchev–Trinajstić information content (AvgIpc) is 3.23. The van der Waals surface area contributed by atoms with Gasteiger partial charge in [-0.3, -0.25) is 19.8 Å². The van der Waals surface area contributed by atoms with Gasteiger partial charge in [0.1, 0.15) is 12.4 Å². The van der Waals surface area contributed by atoms with Gasteiger partial charge in [0.15, 0.2) is 5.17 Å². The largest absolute Gasteiger partial charge is 0.487 e. The normalized spacial score (nSPS) is 15.2. The minimum atomic E-state index is -0.463. The van der Waals surface area contributed by atoms with Crippen LogP contribution >= 0.6 is 35.0 Å². The highest BCUT2D eigenvalue weighted by Crippen LogP contribution is 2.40. The highest BCUT2D eigenvalue weighted by atomic mass is 35.5. The minimum Gasteiger partial charge on any atom is -0.487 e. The molecule has 4 aromatic carbocycles. The van der Waals surface area contributed by atoms with Crippen LogP contribution in [0.5, 0.6) is 5.75 Å². The predicted molar refractivity (Wildman–Crippen MR) is 157 cm³/mol. The van der Waals surface area contributed by atoms with Gasteiger partial charge >= 0.3 is 0 Å². The summed E-state index contributed by atoms with van der Waals surface area (Å²) in [5, 5.41) is 12.1. The topological polar surface area (TPSA) is 85.0 Å². The molecule has 0 aromatic heterocycles. The van der Waals surface area contributed by atoms with Gasteiger partial charge in [0.05, 0.1) is 26.2 Å². The minimum absolute atomic E-state index is 0.0126. The van der Waals surface area contributed by atoms with Gasteiger partial charge in [-0.25, -0.2) is 4.99 Å². The van der Waals surface area contributed by atoms with E-state index in [9.17, 15) is 14.9 Å². The SMILES string of the molecule is O=C1/C(=C\c2cc(Cl)cc(Cl)c2OCc2ccc([N+](=O)[O-])cc2)SC(=Nc2ccccc2)N1c1ccccc1. The Labute approximate surface area is 238 Å². The summed E-state index contributed by atoms with van der Waals surface area (Å²) in [6.07, 6.45) is 1.68. The average molecular weight is 576 g/mol. The maximum atomic E-state index is 13.7. The summed E-state index contributed by atoms with van der Waals surface area (Å²) in [5.74, 6) is 0.0818. The van der Waals surface area contributed by atoms with Gasteiger partial charge in [-0.15, -0.1) is 0 Å². The molecule has 1 fully saturated rings. The molecule has 1 amide bonds. The summed E-state index contributed by atoms with van der Waals surface area (Å²) >= 11 is 14.0. The lowest BCUT2D eigenvalue weighted by molar-refractivity contribution is -0.384. The van der Waals surface area contributed by atoms with Gasteiger partial charge in [0.25, 0.3) is 11.6 Å². The van der Waals surface area contributed by atoms with Crippen molar-refractivity contribution in [1.82, 2.24) is 0 Å². The summed E-state index contributed by atoms with van der Waals surface area (Å²) in [4.78, 5) is 30.8. The molecule has 5 rings (SSSR count). The molecule has 10 heteroatoms. The number of hydrogen-bond donors (Lipinski definition) is 0. The number of halogens is 2. The van der Waals surface area contributed by atoms with Gasteiger partial charge in [-0.05, 0) is 71.9 Å². The number of ether oxygens (including phenoxy) is 1. The fraction of sp³-hybridized carbons (Fsp3) is 0.0345. The number of carbonyl (C=O) groups is 1. The van der Waals surface area contributed by atoms with E-state index in [0.29, 0.717) is 43.3 Å². The number of carbonyl (C=O) groups excluding carboxylic acids is 1. The first-order valence-electron chi connectivity index (χ1n) is 11.7.